The number of aromatic nitrogens is 2. The first-order chi connectivity index (χ1) is 5.79. The van der Waals surface area contributed by atoms with Crippen LogP contribution < -0.4 is 11.3 Å². The molecule has 0 aliphatic rings. The van der Waals surface area contributed by atoms with Crippen molar-refractivity contribution in [2.75, 3.05) is 12.0 Å². The molecule has 6 nitrogen and oxygen atoms in total. The number of esters is 1. The average Bonchev–Trinajstić information content (AvgIpc) is 2.51. The predicted octanol–water partition coefficient (Wildman–Crippen LogP) is 0.422. The van der Waals surface area contributed by atoms with Crippen LogP contribution in [0.2, 0.25) is 0 Å². The second kappa shape index (κ2) is 5.68. The molecule has 0 aromatic carbocycles. The van der Waals surface area contributed by atoms with Crippen LogP contribution in [-0.4, -0.2) is 22.2 Å². The van der Waals surface area contributed by atoms with Crippen molar-refractivity contribution in [2.45, 2.75) is 6.92 Å². The highest BCUT2D eigenvalue weighted by atomic mass is 35.5. The number of nitrogens with zero attached hydrogens (tertiary/aromatic N) is 2. The largest absolute Gasteiger partial charge is 0.461 e. The van der Waals surface area contributed by atoms with Gasteiger partial charge in [-0.25, -0.2) is 10.6 Å². The maximum atomic E-state index is 11.1. The van der Waals surface area contributed by atoms with Crippen molar-refractivity contribution in [3.63, 3.8) is 0 Å². The Morgan fingerprint density at radius 3 is 3.00 bits per heavy atom. The molecule has 0 atom stereocenters. The number of hydrogen-bond acceptors (Lipinski definition) is 7. The molecule has 0 aliphatic carbocycles. The molecule has 0 saturated heterocycles. The second-order valence-electron chi connectivity index (χ2n) is 1.82. The van der Waals surface area contributed by atoms with Gasteiger partial charge in [0.15, 0.2) is 5.00 Å². The zero-order valence-electron chi connectivity index (χ0n) is 6.81. The second-order valence-corrected chi connectivity index (χ2v) is 2.57. The van der Waals surface area contributed by atoms with Gasteiger partial charge in [-0.15, -0.1) is 17.5 Å². The van der Waals surface area contributed by atoms with Crippen LogP contribution in [0.15, 0.2) is 0 Å². The molecule has 8 heteroatoms. The van der Waals surface area contributed by atoms with Gasteiger partial charge in [0.2, 0.25) is 5.69 Å². The van der Waals surface area contributed by atoms with Crippen molar-refractivity contribution < 1.29 is 9.53 Å². The van der Waals surface area contributed by atoms with Gasteiger partial charge in [0, 0.05) is 11.5 Å². The Labute approximate surface area is 85.0 Å². The number of ether oxygens (including phenoxy) is 1. The van der Waals surface area contributed by atoms with Gasteiger partial charge in [-0.05, 0) is 6.92 Å². The number of halogens is 1. The molecule has 1 heterocycles. The van der Waals surface area contributed by atoms with E-state index in [9.17, 15) is 4.79 Å². The lowest BCUT2D eigenvalue weighted by Gasteiger charge is -1.98. The van der Waals surface area contributed by atoms with Crippen molar-refractivity contribution in [3.8, 4) is 0 Å². The summed E-state index contributed by atoms with van der Waals surface area (Å²) in [5, 5.41) is 3.97. The van der Waals surface area contributed by atoms with E-state index in [1.54, 1.807) is 6.92 Å². The number of carbonyl (C=O) groups is 1. The fourth-order valence-corrected chi connectivity index (χ4v) is 1.09. The zero-order valence-corrected chi connectivity index (χ0v) is 8.44. The smallest absolute Gasteiger partial charge is 0.362 e. The number of anilines is 1. The van der Waals surface area contributed by atoms with Crippen LogP contribution in [0.3, 0.4) is 0 Å². The number of hydrazine groups is 1. The summed E-state index contributed by atoms with van der Waals surface area (Å²) in [4.78, 5) is 11.1. The molecule has 0 unspecified atom stereocenters. The number of nitrogen functional groups attached to an aromatic ring is 1. The fraction of sp³-hybridized carbons (Fsp3) is 0.400. The van der Waals surface area contributed by atoms with E-state index in [1.165, 1.54) is 0 Å². The Kier molecular flexibility index (Phi) is 5.28. The van der Waals surface area contributed by atoms with Crippen LogP contribution in [0.25, 0.3) is 0 Å². The van der Waals surface area contributed by atoms with Crippen molar-refractivity contribution in [1.82, 2.24) is 9.59 Å². The standard InChI is InChI=1S/C5H8N4O2S.ClH/c1-2-11-5(10)3-4(7-6)12-9-8-3;/h7H,2,6H2,1H3;1H. The third-order valence-electron chi connectivity index (χ3n) is 1.09. The molecule has 3 N–H and O–H groups in total. The van der Waals surface area contributed by atoms with Gasteiger partial charge < -0.3 is 10.2 Å². The average molecular weight is 225 g/mol. The van der Waals surface area contributed by atoms with E-state index >= 15 is 0 Å². The fourth-order valence-electron chi connectivity index (χ4n) is 0.618. The van der Waals surface area contributed by atoms with E-state index in [1.807, 2.05) is 0 Å². The molecule has 13 heavy (non-hydrogen) atoms. The van der Waals surface area contributed by atoms with Gasteiger partial charge >= 0.3 is 5.97 Å². The van der Waals surface area contributed by atoms with E-state index in [4.69, 9.17) is 10.6 Å². The highest BCUT2D eigenvalue weighted by Gasteiger charge is 2.16. The van der Waals surface area contributed by atoms with Crippen LogP contribution in [-0.2, 0) is 4.74 Å². The molecule has 0 bridgehead atoms. The lowest BCUT2D eigenvalue weighted by atomic mass is 10.5. The minimum Gasteiger partial charge on any atom is -0.461 e. The third-order valence-corrected chi connectivity index (χ3v) is 1.74. The van der Waals surface area contributed by atoms with Crippen LogP contribution >= 0.6 is 23.9 Å². The molecule has 0 amide bonds. The molecule has 0 saturated carbocycles. The first-order valence-electron chi connectivity index (χ1n) is 3.25. The maximum absolute atomic E-state index is 11.1. The Hall–Kier alpha value is -0.920. The van der Waals surface area contributed by atoms with Crippen LogP contribution in [0.4, 0.5) is 5.00 Å². The number of rotatable bonds is 3. The highest BCUT2D eigenvalue weighted by molar-refractivity contribution is 7.10. The first-order valence-corrected chi connectivity index (χ1v) is 4.03. The third kappa shape index (κ3) is 2.79. The predicted molar refractivity (Wildman–Crippen MR) is 50.9 cm³/mol. The lowest BCUT2D eigenvalue weighted by molar-refractivity contribution is 0.0520. The summed E-state index contributed by atoms with van der Waals surface area (Å²) in [5.74, 6) is 4.59. The Morgan fingerprint density at radius 1 is 1.77 bits per heavy atom. The SMILES string of the molecule is CCOC(=O)c1nnsc1NN.Cl. The molecule has 74 valence electrons. The van der Waals surface area contributed by atoms with E-state index in [0.717, 1.165) is 11.5 Å². The molecule has 1 rings (SSSR count). The summed E-state index contributed by atoms with van der Waals surface area (Å²) in [6.45, 7) is 2.02. The quantitative estimate of drug-likeness (QED) is 0.440. The van der Waals surface area contributed by atoms with Crippen molar-refractivity contribution in [1.29, 1.82) is 0 Å². The number of carbonyl (C=O) groups excluding carboxylic acids is 1. The topological polar surface area (TPSA) is 90.1 Å². The molecular weight excluding hydrogens is 216 g/mol. The molecule has 0 radical (unpaired) electrons. The zero-order chi connectivity index (χ0) is 8.97. The number of nitrogens with two attached hydrogens (primary N) is 1. The number of nitrogens with one attached hydrogen (secondary N) is 1. The van der Waals surface area contributed by atoms with Crippen molar-refractivity contribution in [3.05, 3.63) is 5.69 Å². The summed E-state index contributed by atoms with van der Waals surface area (Å²) in [7, 11) is 0. The summed E-state index contributed by atoms with van der Waals surface area (Å²) in [6, 6.07) is 0. The van der Waals surface area contributed by atoms with E-state index < -0.39 is 5.97 Å². The molecule has 1 aromatic heterocycles. The van der Waals surface area contributed by atoms with Crippen LogP contribution in [0, 0.1) is 0 Å². The van der Waals surface area contributed by atoms with Gasteiger partial charge in [-0.2, -0.15) is 0 Å². The van der Waals surface area contributed by atoms with Gasteiger partial charge in [-0.1, -0.05) is 4.49 Å². The van der Waals surface area contributed by atoms with E-state index in [2.05, 4.69) is 15.0 Å². The Bertz CT molecular complexity index is 279. The van der Waals surface area contributed by atoms with Crippen molar-refractivity contribution >= 4 is 34.9 Å². The lowest BCUT2D eigenvalue weighted by Crippen LogP contribution is -2.12. The van der Waals surface area contributed by atoms with E-state index in [0.29, 0.717) is 11.6 Å². The summed E-state index contributed by atoms with van der Waals surface area (Å²) in [5.41, 5.74) is 2.44. The number of hydrogen-bond donors (Lipinski definition) is 2. The molecule has 0 aliphatic heterocycles. The van der Waals surface area contributed by atoms with Crippen molar-refractivity contribution in [2.24, 2.45) is 5.84 Å². The van der Waals surface area contributed by atoms with Gasteiger partial charge in [0.1, 0.15) is 0 Å². The molecule has 0 fully saturated rings. The van der Waals surface area contributed by atoms with E-state index in [-0.39, 0.29) is 18.1 Å². The Morgan fingerprint density at radius 2 is 2.46 bits per heavy atom. The molecular formula is C5H9ClN4O2S. The van der Waals surface area contributed by atoms with Gasteiger partial charge in [0.05, 0.1) is 6.61 Å². The summed E-state index contributed by atoms with van der Waals surface area (Å²) >= 11 is 1.01. The van der Waals surface area contributed by atoms with Gasteiger partial charge in [-0.3, -0.25) is 0 Å². The minimum atomic E-state index is -0.515. The molecule has 0 spiro atoms. The van der Waals surface area contributed by atoms with Gasteiger partial charge in [0.25, 0.3) is 0 Å². The maximum Gasteiger partial charge on any atom is 0.362 e. The Balaban J connectivity index is 0.00000144. The summed E-state index contributed by atoms with van der Waals surface area (Å²) < 4.78 is 8.24. The molecule has 1 aromatic rings. The summed E-state index contributed by atoms with van der Waals surface area (Å²) in [6.07, 6.45) is 0. The minimum absolute atomic E-state index is 0. The van der Waals surface area contributed by atoms with Crippen LogP contribution in [0.1, 0.15) is 17.4 Å². The monoisotopic (exact) mass is 224 g/mol. The highest BCUT2D eigenvalue weighted by Crippen LogP contribution is 2.16. The first kappa shape index (κ1) is 12.1. The normalized spacial score (nSPS) is 8.77. The van der Waals surface area contributed by atoms with Crippen LogP contribution in [0.5, 0.6) is 0 Å².